The highest BCUT2D eigenvalue weighted by Gasteiger charge is 2.40. The van der Waals surface area contributed by atoms with Crippen LogP contribution in [0.2, 0.25) is 5.02 Å². The minimum Gasteiger partial charge on any atom is -0.315 e. The molecule has 0 aliphatic rings. The van der Waals surface area contributed by atoms with E-state index in [-0.39, 0.29) is 5.69 Å². The van der Waals surface area contributed by atoms with Crippen LogP contribution in [-0.2, 0) is 13.2 Å². The highest BCUT2D eigenvalue weighted by molar-refractivity contribution is 6.34. The van der Waals surface area contributed by atoms with E-state index in [2.05, 4.69) is 10.4 Å². The molecule has 0 spiro atoms. The van der Waals surface area contributed by atoms with Gasteiger partial charge in [0.15, 0.2) is 11.4 Å². The Morgan fingerprint density at radius 3 is 2.54 bits per heavy atom. The summed E-state index contributed by atoms with van der Waals surface area (Å²) in [7, 11) is 0.986. The van der Waals surface area contributed by atoms with Crippen LogP contribution in [0.3, 0.4) is 0 Å². The molecule has 7 nitrogen and oxygen atoms in total. The van der Waals surface area contributed by atoms with E-state index in [0.717, 1.165) is 7.05 Å². The van der Waals surface area contributed by atoms with Crippen LogP contribution < -0.4 is 5.32 Å². The van der Waals surface area contributed by atoms with Crippen LogP contribution in [0.1, 0.15) is 21.7 Å². The predicted molar refractivity (Wildman–Crippen MR) is 79.0 cm³/mol. The molecular formula is C13H10ClF3N4O3. The van der Waals surface area contributed by atoms with Crippen LogP contribution in [0.5, 0.6) is 0 Å². The fourth-order valence-electron chi connectivity index (χ4n) is 2.03. The molecule has 24 heavy (non-hydrogen) atoms. The van der Waals surface area contributed by atoms with E-state index in [1.54, 1.807) is 6.92 Å². The molecule has 2 rings (SSSR count). The molecule has 1 amide bonds. The van der Waals surface area contributed by atoms with E-state index in [1.807, 2.05) is 0 Å². The van der Waals surface area contributed by atoms with Crippen molar-refractivity contribution >= 4 is 28.9 Å². The molecule has 0 bridgehead atoms. The molecule has 0 saturated heterocycles. The Balaban J connectivity index is 2.41. The van der Waals surface area contributed by atoms with Crippen molar-refractivity contribution in [3.8, 4) is 0 Å². The lowest BCUT2D eigenvalue weighted by molar-refractivity contribution is -0.384. The van der Waals surface area contributed by atoms with E-state index in [4.69, 9.17) is 11.6 Å². The van der Waals surface area contributed by atoms with Gasteiger partial charge in [0.25, 0.3) is 11.6 Å². The second-order valence-electron chi connectivity index (χ2n) is 4.86. The van der Waals surface area contributed by atoms with Gasteiger partial charge in [-0.3, -0.25) is 19.6 Å². The zero-order chi connectivity index (χ0) is 18.2. The highest BCUT2D eigenvalue weighted by atomic mass is 35.5. The van der Waals surface area contributed by atoms with Crippen molar-refractivity contribution in [2.45, 2.75) is 13.1 Å². The van der Waals surface area contributed by atoms with Gasteiger partial charge in [-0.25, -0.2) is 0 Å². The fourth-order valence-corrected chi connectivity index (χ4v) is 2.38. The van der Waals surface area contributed by atoms with Crippen molar-refractivity contribution in [2.75, 3.05) is 5.32 Å². The maximum absolute atomic E-state index is 12.9. The van der Waals surface area contributed by atoms with E-state index < -0.39 is 39.1 Å². The molecule has 0 fully saturated rings. The lowest BCUT2D eigenvalue weighted by atomic mass is 10.2. The molecule has 1 aromatic carbocycles. The van der Waals surface area contributed by atoms with Crippen LogP contribution in [0.4, 0.5) is 24.5 Å². The summed E-state index contributed by atoms with van der Waals surface area (Å²) in [5, 5.41) is 15.7. The van der Waals surface area contributed by atoms with Gasteiger partial charge < -0.3 is 5.32 Å². The van der Waals surface area contributed by atoms with E-state index in [1.165, 1.54) is 18.2 Å². The lowest BCUT2D eigenvalue weighted by Crippen LogP contribution is -2.14. The number of carbonyl (C=O) groups is 1. The Morgan fingerprint density at radius 2 is 2.04 bits per heavy atom. The number of carbonyl (C=O) groups excluding carboxylic acids is 1. The molecule has 0 aliphatic heterocycles. The summed E-state index contributed by atoms with van der Waals surface area (Å²) >= 11 is 5.60. The lowest BCUT2D eigenvalue weighted by Gasteiger charge is -2.06. The minimum absolute atomic E-state index is 0.175. The maximum atomic E-state index is 12.9. The highest BCUT2D eigenvalue weighted by Crippen LogP contribution is 2.36. The molecule has 128 valence electrons. The monoisotopic (exact) mass is 362 g/mol. The summed E-state index contributed by atoms with van der Waals surface area (Å²) in [5.74, 6) is -1.09. The number of halogens is 4. The largest absolute Gasteiger partial charge is 0.434 e. The summed E-state index contributed by atoms with van der Waals surface area (Å²) in [6.07, 6.45) is -4.80. The molecule has 11 heteroatoms. The number of nitrogens with zero attached hydrogens (tertiary/aromatic N) is 3. The van der Waals surface area contributed by atoms with Crippen molar-refractivity contribution < 1.29 is 22.9 Å². The van der Waals surface area contributed by atoms with Crippen molar-refractivity contribution in [1.82, 2.24) is 9.78 Å². The Morgan fingerprint density at radius 1 is 1.42 bits per heavy atom. The Bertz CT molecular complexity index is 833. The number of benzene rings is 1. The first kappa shape index (κ1) is 17.7. The van der Waals surface area contributed by atoms with Crippen LogP contribution >= 0.6 is 11.6 Å². The Kier molecular flexibility index (Phi) is 4.52. The second-order valence-corrected chi connectivity index (χ2v) is 5.24. The van der Waals surface area contributed by atoms with Crippen molar-refractivity contribution in [3.05, 3.63) is 50.3 Å². The van der Waals surface area contributed by atoms with Crippen molar-refractivity contribution in [2.24, 2.45) is 7.05 Å². The summed E-state index contributed by atoms with van der Waals surface area (Å²) in [6, 6.07) is 3.99. The first-order chi connectivity index (χ1) is 11.0. The summed E-state index contributed by atoms with van der Waals surface area (Å²) in [5.41, 5.74) is -1.96. The van der Waals surface area contributed by atoms with Gasteiger partial charge in [-0.15, -0.1) is 0 Å². The number of nitro groups is 1. The summed E-state index contributed by atoms with van der Waals surface area (Å²) in [6.45, 7) is 1.61. The molecule has 0 radical (unpaired) electrons. The number of aryl methyl sites for hydroxylation is 2. The molecule has 0 atom stereocenters. The van der Waals surface area contributed by atoms with Crippen LogP contribution in [-0.4, -0.2) is 20.6 Å². The predicted octanol–water partition coefficient (Wildman–Crippen LogP) is 3.56. The van der Waals surface area contributed by atoms with Gasteiger partial charge >= 0.3 is 6.18 Å². The molecule has 0 unspecified atom stereocenters. The molecule has 0 aliphatic carbocycles. The van der Waals surface area contributed by atoms with E-state index in [9.17, 15) is 28.1 Å². The number of rotatable bonds is 3. The maximum Gasteiger partial charge on any atom is 0.434 e. The number of aromatic nitrogens is 2. The van der Waals surface area contributed by atoms with Gasteiger partial charge in [0.2, 0.25) is 0 Å². The average molecular weight is 363 g/mol. The normalized spacial score (nSPS) is 11.4. The van der Waals surface area contributed by atoms with Gasteiger partial charge in [0.05, 0.1) is 4.92 Å². The first-order valence-electron chi connectivity index (χ1n) is 6.38. The van der Waals surface area contributed by atoms with Gasteiger partial charge in [-0.05, 0) is 18.6 Å². The van der Waals surface area contributed by atoms with Crippen LogP contribution in [0, 0.1) is 17.0 Å². The van der Waals surface area contributed by atoms with E-state index in [0.29, 0.717) is 10.2 Å². The smallest absolute Gasteiger partial charge is 0.315 e. The molecule has 2 aromatic rings. The zero-order valence-corrected chi connectivity index (χ0v) is 13.1. The topological polar surface area (TPSA) is 90.1 Å². The molecule has 0 saturated carbocycles. The fraction of sp³-hybridized carbons (Fsp3) is 0.231. The quantitative estimate of drug-likeness (QED) is 0.667. The van der Waals surface area contributed by atoms with Gasteiger partial charge in [0.1, 0.15) is 10.7 Å². The van der Waals surface area contributed by atoms with Crippen LogP contribution in [0.15, 0.2) is 18.2 Å². The van der Waals surface area contributed by atoms with Crippen molar-refractivity contribution in [1.29, 1.82) is 0 Å². The van der Waals surface area contributed by atoms with Crippen LogP contribution in [0.25, 0.3) is 0 Å². The standard InChI is InChI=1S/C13H10ClF3N4O3/c1-6-3-4-7(8(5-6)21(23)24)18-12(22)10-9(14)11(13(15,16)17)20(2)19-10/h3-5H,1-2H3,(H,18,22). The number of anilines is 1. The van der Waals surface area contributed by atoms with Gasteiger partial charge in [-0.1, -0.05) is 17.7 Å². The second kappa shape index (κ2) is 6.11. The summed E-state index contributed by atoms with van der Waals surface area (Å²) < 4.78 is 39.0. The zero-order valence-electron chi connectivity index (χ0n) is 12.3. The molecule has 1 N–H and O–H groups in total. The molecular weight excluding hydrogens is 353 g/mol. The Hall–Kier alpha value is -2.62. The third kappa shape index (κ3) is 3.32. The number of nitro benzene ring substituents is 1. The van der Waals surface area contributed by atoms with E-state index >= 15 is 0 Å². The van der Waals surface area contributed by atoms with Gasteiger partial charge in [-0.2, -0.15) is 18.3 Å². The third-order valence-corrected chi connectivity index (χ3v) is 3.43. The number of alkyl halides is 3. The number of hydrogen-bond acceptors (Lipinski definition) is 4. The first-order valence-corrected chi connectivity index (χ1v) is 6.76. The number of hydrogen-bond donors (Lipinski definition) is 1. The van der Waals surface area contributed by atoms with Crippen molar-refractivity contribution in [3.63, 3.8) is 0 Å². The number of amides is 1. The number of nitrogens with one attached hydrogen (secondary N) is 1. The molecule has 1 aromatic heterocycles. The summed E-state index contributed by atoms with van der Waals surface area (Å²) in [4.78, 5) is 22.4. The minimum atomic E-state index is -4.80. The average Bonchev–Trinajstić information content (AvgIpc) is 2.75. The molecule has 1 heterocycles. The Labute approximate surface area is 138 Å². The SMILES string of the molecule is Cc1ccc(NC(=O)c2nn(C)c(C(F)(F)F)c2Cl)c([N+](=O)[O-])c1. The van der Waals surface area contributed by atoms with Gasteiger partial charge in [0, 0.05) is 13.1 Å². The third-order valence-electron chi connectivity index (χ3n) is 3.07.